The molecule has 0 amide bonds. The van der Waals surface area contributed by atoms with Crippen LogP contribution in [0.1, 0.15) is 23.0 Å². The Balaban J connectivity index is 2.32. The first kappa shape index (κ1) is 12.9. The number of aryl methyl sites for hydroxylation is 2. The lowest BCUT2D eigenvalue weighted by Gasteiger charge is -2.11. The molecule has 96 valence electrons. The van der Waals surface area contributed by atoms with Crippen molar-refractivity contribution < 1.29 is 9.52 Å². The molecule has 3 nitrogen and oxygen atoms in total. The molecule has 1 aromatic carbocycles. The fourth-order valence-electron chi connectivity index (χ4n) is 2.08. The average molecular weight is 245 g/mol. The molecule has 1 heterocycles. The van der Waals surface area contributed by atoms with E-state index in [1.165, 1.54) is 0 Å². The second kappa shape index (κ2) is 5.38. The van der Waals surface area contributed by atoms with Crippen LogP contribution in [0.25, 0.3) is 11.0 Å². The summed E-state index contributed by atoms with van der Waals surface area (Å²) in [6.07, 6.45) is 1.20. The number of aliphatic hydroxyl groups is 1. The van der Waals surface area contributed by atoms with Gasteiger partial charge in [-0.05, 0) is 19.4 Å². The Labute approximate surface area is 107 Å². The summed E-state index contributed by atoms with van der Waals surface area (Å²) in [7, 11) is 0. The van der Waals surface area contributed by atoms with E-state index in [2.05, 4.69) is 11.9 Å². The minimum Gasteiger partial charge on any atom is -0.461 e. The van der Waals surface area contributed by atoms with Crippen LogP contribution in [0.5, 0.6) is 0 Å². The molecule has 18 heavy (non-hydrogen) atoms. The lowest BCUT2D eigenvalue weighted by molar-refractivity contribution is 0.176. The van der Waals surface area contributed by atoms with Crippen molar-refractivity contribution in [3.63, 3.8) is 0 Å². The van der Waals surface area contributed by atoms with Crippen LogP contribution in [0.15, 0.2) is 35.3 Å². The van der Waals surface area contributed by atoms with E-state index in [9.17, 15) is 5.11 Å². The molecular formula is C15H19NO2. The summed E-state index contributed by atoms with van der Waals surface area (Å²) in [4.78, 5) is 0. The Kier molecular flexibility index (Phi) is 3.84. The third-order valence-electron chi connectivity index (χ3n) is 3.22. The van der Waals surface area contributed by atoms with Gasteiger partial charge in [-0.25, -0.2) is 0 Å². The van der Waals surface area contributed by atoms with Crippen molar-refractivity contribution in [2.75, 3.05) is 13.1 Å². The first-order valence-corrected chi connectivity index (χ1v) is 6.13. The maximum Gasteiger partial charge on any atom is 0.140 e. The molecule has 0 aliphatic carbocycles. The summed E-state index contributed by atoms with van der Waals surface area (Å²) < 4.78 is 5.75. The molecule has 3 heteroatoms. The fourth-order valence-corrected chi connectivity index (χ4v) is 2.08. The summed E-state index contributed by atoms with van der Waals surface area (Å²) in [6, 6.07) is 5.88. The largest absolute Gasteiger partial charge is 0.461 e. The van der Waals surface area contributed by atoms with Gasteiger partial charge in [-0.15, -0.1) is 6.58 Å². The maximum atomic E-state index is 10.2. The molecule has 0 aliphatic heterocycles. The van der Waals surface area contributed by atoms with Crippen LogP contribution in [-0.2, 0) is 0 Å². The SMILES string of the molecule is C=CCNCC(O)c1cccc2c(C)c(C)oc12. The van der Waals surface area contributed by atoms with Crippen molar-refractivity contribution >= 4 is 11.0 Å². The van der Waals surface area contributed by atoms with Gasteiger partial charge in [0.15, 0.2) is 0 Å². The lowest BCUT2D eigenvalue weighted by atomic mass is 10.0. The minimum atomic E-state index is -0.571. The second-order valence-corrected chi connectivity index (χ2v) is 4.47. The zero-order valence-electron chi connectivity index (χ0n) is 10.9. The Bertz CT molecular complexity index is 557. The summed E-state index contributed by atoms with van der Waals surface area (Å²) in [5.41, 5.74) is 2.76. The van der Waals surface area contributed by atoms with Crippen LogP contribution in [-0.4, -0.2) is 18.2 Å². The van der Waals surface area contributed by atoms with Gasteiger partial charge >= 0.3 is 0 Å². The van der Waals surface area contributed by atoms with E-state index < -0.39 is 6.10 Å². The average Bonchev–Trinajstić information content (AvgIpc) is 2.66. The van der Waals surface area contributed by atoms with Crippen molar-refractivity contribution in [3.8, 4) is 0 Å². The Morgan fingerprint density at radius 1 is 1.44 bits per heavy atom. The molecule has 0 spiro atoms. The minimum absolute atomic E-state index is 0.490. The fraction of sp³-hybridized carbons (Fsp3) is 0.333. The summed E-state index contributed by atoms with van der Waals surface area (Å²) >= 11 is 0. The molecule has 0 bridgehead atoms. The number of furan rings is 1. The molecule has 1 atom stereocenters. The summed E-state index contributed by atoms with van der Waals surface area (Å²) in [5.74, 6) is 0.906. The Hall–Kier alpha value is -1.58. The van der Waals surface area contributed by atoms with E-state index in [1.54, 1.807) is 6.08 Å². The van der Waals surface area contributed by atoms with Crippen LogP contribution >= 0.6 is 0 Å². The summed E-state index contributed by atoms with van der Waals surface area (Å²) in [5, 5.41) is 14.4. The molecule has 0 radical (unpaired) electrons. The lowest BCUT2D eigenvalue weighted by Crippen LogP contribution is -2.21. The van der Waals surface area contributed by atoms with Crippen LogP contribution < -0.4 is 5.32 Å². The van der Waals surface area contributed by atoms with Gasteiger partial charge in [-0.3, -0.25) is 0 Å². The standard InChI is InChI=1S/C15H19NO2/c1-4-8-16-9-14(17)13-7-5-6-12-10(2)11(3)18-15(12)13/h4-7,14,16-17H,1,8-9H2,2-3H3. The van der Waals surface area contributed by atoms with Crippen molar-refractivity contribution in [2.45, 2.75) is 20.0 Å². The Morgan fingerprint density at radius 3 is 2.94 bits per heavy atom. The predicted octanol–water partition coefficient (Wildman–Crippen LogP) is 2.86. The third kappa shape index (κ3) is 2.33. The van der Waals surface area contributed by atoms with Crippen LogP contribution in [0.2, 0.25) is 0 Å². The first-order valence-electron chi connectivity index (χ1n) is 6.13. The smallest absolute Gasteiger partial charge is 0.140 e. The van der Waals surface area contributed by atoms with E-state index in [1.807, 2.05) is 32.0 Å². The highest BCUT2D eigenvalue weighted by Crippen LogP contribution is 2.30. The number of para-hydroxylation sites is 1. The molecule has 0 saturated heterocycles. The normalized spacial score (nSPS) is 12.8. The molecule has 1 unspecified atom stereocenters. The van der Waals surface area contributed by atoms with E-state index in [0.29, 0.717) is 13.1 Å². The van der Waals surface area contributed by atoms with E-state index in [0.717, 1.165) is 27.9 Å². The van der Waals surface area contributed by atoms with Crippen molar-refractivity contribution in [1.82, 2.24) is 5.32 Å². The van der Waals surface area contributed by atoms with Gasteiger partial charge < -0.3 is 14.8 Å². The highest BCUT2D eigenvalue weighted by molar-refractivity contribution is 5.85. The van der Waals surface area contributed by atoms with Crippen LogP contribution in [0.4, 0.5) is 0 Å². The van der Waals surface area contributed by atoms with Crippen molar-refractivity contribution in [1.29, 1.82) is 0 Å². The van der Waals surface area contributed by atoms with E-state index in [4.69, 9.17) is 4.42 Å². The number of hydrogen-bond donors (Lipinski definition) is 2. The maximum absolute atomic E-state index is 10.2. The zero-order valence-corrected chi connectivity index (χ0v) is 10.9. The molecule has 2 rings (SSSR count). The Morgan fingerprint density at radius 2 is 2.22 bits per heavy atom. The molecule has 0 fully saturated rings. The molecule has 0 aliphatic rings. The second-order valence-electron chi connectivity index (χ2n) is 4.47. The van der Waals surface area contributed by atoms with E-state index in [-0.39, 0.29) is 0 Å². The quantitative estimate of drug-likeness (QED) is 0.629. The molecular weight excluding hydrogens is 226 g/mol. The number of nitrogens with one attached hydrogen (secondary N) is 1. The first-order chi connectivity index (χ1) is 8.65. The monoisotopic (exact) mass is 245 g/mol. The molecule has 2 aromatic rings. The van der Waals surface area contributed by atoms with Gasteiger partial charge in [0.05, 0.1) is 6.10 Å². The number of benzene rings is 1. The van der Waals surface area contributed by atoms with Gasteiger partial charge in [0, 0.05) is 24.0 Å². The third-order valence-corrected chi connectivity index (χ3v) is 3.22. The molecule has 1 aromatic heterocycles. The number of rotatable bonds is 5. The van der Waals surface area contributed by atoms with Gasteiger partial charge in [-0.2, -0.15) is 0 Å². The number of hydrogen-bond acceptors (Lipinski definition) is 3. The highest BCUT2D eigenvalue weighted by Gasteiger charge is 2.15. The zero-order chi connectivity index (χ0) is 13.1. The van der Waals surface area contributed by atoms with Crippen LogP contribution in [0, 0.1) is 13.8 Å². The van der Waals surface area contributed by atoms with Crippen molar-refractivity contribution in [2.24, 2.45) is 0 Å². The topological polar surface area (TPSA) is 45.4 Å². The van der Waals surface area contributed by atoms with Crippen molar-refractivity contribution in [3.05, 3.63) is 47.7 Å². The highest BCUT2D eigenvalue weighted by atomic mass is 16.3. The summed E-state index contributed by atoms with van der Waals surface area (Å²) in [6.45, 7) is 8.79. The number of aliphatic hydroxyl groups excluding tert-OH is 1. The van der Waals surface area contributed by atoms with Gasteiger partial charge in [-0.1, -0.05) is 24.3 Å². The van der Waals surface area contributed by atoms with E-state index >= 15 is 0 Å². The van der Waals surface area contributed by atoms with Gasteiger partial charge in [0.25, 0.3) is 0 Å². The van der Waals surface area contributed by atoms with Gasteiger partial charge in [0.2, 0.25) is 0 Å². The van der Waals surface area contributed by atoms with Gasteiger partial charge in [0.1, 0.15) is 11.3 Å². The molecule has 2 N–H and O–H groups in total. The number of fused-ring (bicyclic) bond motifs is 1. The molecule has 0 saturated carbocycles. The van der Waals surface area contributed by atoms with Crippen LogP contribution in [0.3, 0.4) is 0 Å². The predicted molar refractivity (Wildman–Crippen MR) is 73.7 cm³/mol.